The standard InChI is InChI=1S/C29H26N3O2P.C29H24NO4P.C27H20NO4P.C27H20NO2PS2/c1-30(2)35-33-25-17-9-15-23-27(25)29(19-11-5-7-13-21(19)31(23)3)20-12-6-8-14-22(20)32(4)24-16-10-18-26(34-35)28(24)29;1-17-13-15-23-25-27(17)33-35(30(3)4)34-28-18(2)14-16-24-26(28)29(25,19-9-5-7-11-21(19)31-23)20-10-6-8-12-22(20)32-24;1-28(2)33-31-23-15-7-13-21-25(23)27(17-9-3-5-11-19(17)29-21)18-10-4-6-12-20(18)30-22-14-8-16-24(32-33)26(22)27;1-28(2)31-29-19-11-7-15-23-25(19)27(17-9-3-5-13-21(17)32-23)18-10-4-6-14-22(18)33-24-16-8-12-20(30-31)26(24)27/h5-18H,1-4H3;5-16H,1-4H3;2*3-16H,1-2H3. The summed E-state index contributed by atoms with van der Waals surface area (Å²) in [5, 5.41) is 0. The molecule has 0 fully saturated rings. The van der Waals surface area contributed by atoms with Crippen LogP contribution < -0.4 is 64.9 Å². The molecule has 672 valence electrons. The van der Waals surface area contributed by atoms with E-state index in [9.17, 15) is 0 Å². The van der Waals surface area contributed by atoms with Gasteiger partial charge in [-0.2, -0.15) is 0 Å². The van der Waals surface area contributed by atoms with Gasteiger partial charge in [0, 0.05) is 101 Å². The summed E-state index contributed by atoms with van der Waals surface area (Å²) in [5.41, 5.74) is 22.2. The molecule has 136 heavy (non-hydrogen) atoms. The highest BCUT2D eigenvalue weighted by atomic mass is 32.2. The molecule has 0 unspecified atom stereocenters. The zero-order chi connectivity index (χ0) is 92.1. The van der Waals surface area contributed by atoms with Gasteiger partial charge in [0.25, 0.3) is 0 Å². The summed E-state index contributed by atoms with van der Waals surface area (Å²) in [6, 6.07) is 114. The van der Waals surface area contributed by atoms with Gasteiger partial charge in [-0.05, 0) is 237 Å². The summed E-state index contributed by atoms with van der Waals surface area (Å²) in [5.74, 6) is 13.0. The molecule has 0 bridgehead atoms. The molecule has 0 saturated carbocycles. The Bertz CT molecular complexity index is 7040. The van der Waals surface area contributed by atoms with Crippen molar-refractivity contribution in [3.05, 3.63) is 428 Å². The van der Waals surface area contributed by atoms with Gasteiger partial charge in [-0.3, -0.25) is 0 Å². The highest BCUT2D eigenvalue weighted by molar-refractivity contribution is 8.00. The van der Waals surface area contributed by atoms with Crippen LogP contribution in [0.5, 0.6) is 92.0 Å². The van der Waals surface area contributed by atoms with E-state index in [-0.39, 0.29) is 0 Å². The van der Waals surface area contributed by atoms with Crippen LogP contribution in [0.3, 0.4) is 0 Å². The third-order valence-corrected chi connectivity index (χ3v) is 35.1. The Hall–Kier alpha value is -13.0. The molecule has 28 rings (SSSR count). The smallest absolute Gasteiger partial charge is 0.384 e. The number of rotatable bonds is 4. The topological polar surface area (TPSA) is 130 Å². The molecule has 0 saturated heterocycles. The molecule has 0 radical (unpaired) electrons. The van der Waals surface area contributed by atoms with Crippen LogP contribution in [-0.2, 0) is 21.7 Å². The SMILES string of the molecule is CN(C)P1Oc2cccc3c2C2(c4ccccc4O3)c3ccccc3Oc3cccc(c32)O1.CN(C)P1Oc2cccc3c2C2(c4ccccc4S3)c3ccccc3Sc3cccc(c32)O1.CN1c2ccccc2C23c4ccccc4N(C)c4cccc(c42)OP(N(C)C)Oc2cccc1c23.Cc1ccc2c3c1OP(N(C)C)Oc1c(C)ccc4c1C3(c1ccccc1O2)c1ccccc1O4. The van der Waals surface area contributed by atoms with Crippen molar-refractivity contribution in [3.63, 3.8) is 0 Å². The monoisotopic (exact) mass is 1900 g/mol. The molecule has 12 heterocycles. The van der Waals surface area contributed by atoms with E-state index in [0.717, 1.165) is 159 Å². The van der Waals surface area contributed by atoms with Crippen LogP contribution in [0.4, 0.5) is 22.7 Å². The lowest BCUT2D eigenvalue weighted by Gasteiger charge is -2.51. The molecule has 0 amide bonds. The summed E-state index contributed by atoms with van der Waals surface area (Å²) in [6.45, 7) is 4.16. The Morgan fingerprint density at radius 2 is 0.441 bits per heavy atom. The molecule has 18 nitrogen and oxygen atoms in total. The lowest BCUT2D eigenvalue weighted by Crippen LogP contribution is -2.43. The first-order valence-electron chi connectivity index (χ1n) is 45.1. The van der Waals surface area contributed by atoms with E-state index >= 15 is 0 Å². The first kappa shape index (κ1) is 84.7. The number of fused-ring (bicyclic) bond motifs is 8. The van der Waals surface area contributed by atoms with Crippen molar-refractivity contribution in [1.29, 1.82) is 0 Å². The number of para-hydroxylation sites is 6. The predicted molar refractivity (Wildman–Crippen MR) is 541 cm³/mol. The second-order valence-electron chi connectivity index (χ2n) is 35.8. The molecular weight excluding hydrogens is 1810 g/mol. The average Bonchev–Trinajstić information content (AvgIpc) is 0.602. The van der Waals surface area contributed by atoms with E-state index < -0.39 is 55.8 Å². The molecule has 0 aliphatic carbocycles. The van der Waals surface area contributed by atoms with Gasteiger partial charge in [-0.1, -0.05) is 218 Å². The summed E-state index contributed by atoms with van der Waals surface area (Å²) < 4.78 is 87.5. The fraction of sp³-hybridized carbons (Fsp3) is 0.143. The van der Waals surface area contributed by atoms with Crippen LogP contribution in [0.15, 0.2) is 347 Å². The van der Waals surface area contributed by atoms with E-state index in [2.05, 4.69) is 280 Å². The van der Waals surface area contributed by atoms with Crippen molar-refractivity contribution < 1.29 is 55.1 Å². The molecule has 0 atom stereocenters. The zero-order valence-corrected chi connectivity index (χ0v) is 81.6. The maximum absolute atomic E-state index is 6.76. The second kappa shape index (κ2) is 32.3. The molecule has 16 aromatic rings. The minimum Gasteiger partial charge on any atom is -0.457 e. The van der Waals surface area contributed by atoms with Crippen LogP contribution in [-0.4, -0.2) is 89.2 Å². The highest BCUT2D eigenvalue weighted by Crippen LogP contribution is 2.75. The summed E-state index contributed by atoms with van der Waals surface area (Å²) >= 11 is 3.67. The van der Waals surface area contributed by atoms with Crippen molar-refractivity contribution in [3.8, 4) is 92.0 Å². The molecule has 0 N–H and O–H groups in total. The Labute approximate surface area is 803 Å². The Balaban J connectivity index is 0.0000000966. The molecule has 12 aliphatic heterocycles. The first-order valence-corrected chi connectivity index (χ1v) is 51.3. The van der Waals surface area contributed by atoms with Crippen LogP contribution >= 0.6 is 57.6 Å². The fourth-order valence-electron chi connectivity index (χ4n) is 22.1. The van der Waals surface area contributed by atoms with Crippen LogP contribution in [0.1, 0.15) is 100 Å². The second-order valence-corrected chi connectivity index (χ2v) is 44.5. The number of anilines is 4. The van der Waals surface area contributed by atoms with Crippen molar-refractivity contribution in [1.82, 2.24) is 18.7 Å². The molecule has 24 heteroatoms. The number of aryl methyl sites for hydroxylation is 2. The van der Waals surface area contributed by atoms with Gasteiger partial charge in [0.05, 0.1) is 43.9 Å². The number of benzene rings is 16. The zero-order valence-electron chi connectivity index (χ0n) is 76.4. The van der Waals surface area contributed by atoms with E-state index in [1.165, 1.54) is 75.5 Å². The maximum atomic E-state index is 6.76. The minimum atomic E-state index is -1.42. The third kappa shape index (κ3) is 12.3. The number of hydrogen-bond acceptors (Lipinski definition) is 20. The molecular formula is C112H90N6O12P4S2. The Morgan fingerprint density at radius 3 is 0.801 bits per heavy atom. The molecule has 16 aromatic carbocycles. The van der Waals surface area contributed by atoms with Gasteiger partial charge in [-0.25, -0.2) is 18.7 Å². The lowest BCUT2D eigenvalue weighted by atomic mass is 9.59. The van der Waals surface area contributed by atoms with E-state index in [4.69, 9.17) is 55.1 Å². The van der Waals surface area contributed by atoms with Gasteiger partial charge in [0.1, 0.15) is 92.0 Å². The normalized spacial score (nSPS) is 17.3. The predicted octanol–water partition coefficient (Wildman–Crippen LogP) is 28.6. The summed E-state index contributed by atoms with van der Waals surface area (Å²) in [4.78, 5) is 9.63. The van der Waals surface area contributed by atoms with Gasteiger partial charge >= 0.3 is 34.1 Å². The molecule has 0 aromatic heterocycles. The quantitative estimate of drug-likeness (QED) is 0.155. The van der Waals surface area contributed by atoms with Gasteiger partial charge in [0.2, 0.25) is 0 Å². The fourth-order valence-corrected chi connectivity index (χ4v) is 28.7. The Kier molecular flexibility index (Phi) is 20.1. The van der Waals surface area contributed by atoms with E-state index in [0.29, 0.717) is 0 Å². The van der Waals surface area contributed by atoms with E-state index in [1.54, 1.807) is 0 Å². The average molecular weight is 1900 g/mol. The van der Waals surface area contributed by atoms with Crippen molar-refractivity contribution in [2.75, 3.05) is 80.3 Å². The van der Waals surface area contributed by atoms with E-state index in [1.807, 2.05) is 184 Å². The van der Waals surface area contributed by atoms with Crippen LogP contribution in [0.25, 0.3) is 0 Å². The molecule has 4 spiro atoms. The van der Waals surface area contributed by atoms with Gasteiger partial charge < -0.3 is 64.9 Å². The van der Waals surface area contributed by atoms with Crippen molar-refractivity contribution in [2.45, 2.75) is 55.1 Å². The van der Waals surface area contributed by atoms with Crippen LogP contribution in [0, 0.1) is 13.8 Å². The van der Waals surface area contributed by atoms with Crippen LogP contribution in [0.2, 0.25) is 0 Å². The first-order chi connectivity index (χ1) is 66.4. The van der Waals surface area contributed by atoms with Crippen molar-refractivity contribution in [2.24, 2.45) is 0 Å². The Morgan fingerprint density at radius 1 is 0.206 bits per heavy atom. The highest BCUT2D eigenvalue weighted by Gasteiger charge is 2.61. The summed E-state index contributed by atoms with van der Waals surface area (Å²) in [6.07, 6.45) is 0. The third-order valence-electron chi connectivity index (χ3n) is 27.4. The number of nitrogens with zero attached hydrogens (tertiary/aromatic N) is 6. The number of ether oxygens (including phenoxy) is 4. The number of hydrogen-bond donors (Lipinski definition) is 0. The van der Waals surface area contributed by atoms with Gasteiger partial charge in [-0.15, -0.1) is 0 Å². The largest absolute Gasteiger partial charge is 0.457 e. The summed E-state index contributed by atoms with van der Waals surface area (Å²) in [7, 11) is 14.8. The van der Waals surface area contributed by atoms with Crippen molar-refractivity contribution >= 4 is 80.4 Å². The van der Waals surface area contributed by atoms with Gasteiger partial charge in [0.15, 0.2) is 0 Å². The minimum absolute atomic E-state index is 0.505. The molecule has 12 aliphatic rings. The lowest BCUT2D eigenvalue weighted by molar-refractivity contribution is 0.357. The maximum Gasteiger partial charge on any atom is 0.384 e.